The van der Waals surface area contributed by atoms with E-state index in [4.69, 9.17) is 21.1 Å². The third-order valence-electron chi connectivity index (χ3n) is 3.24. The molecule has 3 rings (SSSR count). The zero-order chi connectivity index (χ0) is 16.4. The fourth-order valence-corrected chi connectivity index (χ4v) is 2.50. The van der Waals surface area contributed by atoms with Gasteiger partial charge >= 0.3 is 5.97 Å². The maximum Gasteiger partial charge on any atom is 0.339 e. The summed E-state index contributed by atoms with van der Waals surface area (Å²) >= 11 is 6.13. The number of imidazole rings is 1. The van der Waals surface area contributed by atoms with Crippen molar-refractivity contribution in [2.24, 2.45) is 0 Å². The molecular weight excluding hydrogens is 316 g/mol. The fourth-order valence-electron chi connectivity index (χ4n) is 2.25. The number of halogens is 1. The quantitative estimate of drug-likeness (QED) is 0.716. The maximum absolute atomic E-state index is 11.7. The van der Waals surface area contributed by atoms with Crippen LogP contribution in [0.25, 0.3) is 11.0 Å². The third kappa shape index (κ3) is 3.29. The van der Waals surface area contributed by atoms with E-state index in [1.54, 1.807) is 25.1 Å². The summed E-state index contributed by atoms with van der Waals surface area (Å²) in [7, 11) is 0. The SMILES string of the molecule is CCOC(=O)c1ccc(Oc2ccc3nc(C)[nH]c3c2)cc1Cl. The van der Waals surface area contributed by atoms with Crippen LogP contribution in [0.15, 0.2) is 36.4 Å². The van der Waals surface area contributed by atoms with Crippen LogP contribution < -0.4 is 4.74 Å². The molecule has 3 aromatic rings. The van der Waals surface area contributed by atoms with Gasteiger partial charge in [-0.3, -0.25) is 0 Å². The van der Waals surface area contributed by atoms with Crippen molar-refractivity contribution in [3.8, 4) is 11.5 Å². The van der Waals surface area contributed by atoms with Crippen molar-refractivity contribution in [1.82, 2.24) is 9.97 Å². The van der Waals surface area contributed by atoms with Gasteiger partial charge in [0, 0.05) is 12.1 Å². The van der Waals surface area contributed by atoms with Crippen LogP contribution in [-0.4, -0.2) is 22.5 Å². The van der Waals surface area contributed by atoms with E-state index in [0.29, 0.717) is 28.7 Å². The first-order chi connectivity index (χ1) is 11.1. The van der Waals surface area contributed by atoms with Crippen LogP contribution in [0, 0.1) is 6.92 Å². The molecule has 0 radical (unpaired) electrons. The van der Waals surface area contributed by atoms with Gasteiger partial charge < -0.3 is 14.5 Å². The minimum atomic E-state index is -0.446. The standard InChI is InChI=1S/C17H15ClN2O3/c1-3-22-17(21)13-6-4-11(8-14(13)18)23-12-5-7-15-16(9-12)20-10(2)19-15/h4-9H,3H2,1-2H3,(H,19,20). The molecule has 0 saturated heterocycles. The summed E-state index contributed by atoms with van der Waals surface area (Å²) in [4.78, 5) is 19.2. The lowest BCUT2D eigenvalue weighted by atomic mass is 10.2. The lowest BCUT2D eigenvalue weighted by Crippen LogP contribution is -2.05. The summed E-state index contributed by atoms with van der Waals surface area (Å²) in [6.07, 6.45) is 0. The number of hydrogen-bond acceptors (Lipinski definition) is 4. The average Bonchev–Trinajstić information content (AvgIpc) is 2.87. The molecule has 0 aliphatic heterocycles. The third-order valence-corrected chi connectivity index (χ3v) is 3.56. The summed E-state index contributed by atoms with van der Waals surface area (Å²) in [5.41, 5.74) is 2.10. The lowest BCUT2D eigenvalue weighted by Gasteiger charge is -2.08. The number of aryl methyl sites for hydroxylation is 1. The van der Waals surface area contributed by atoms with Crippen molar-refractivity contribution >= 4 is 28.6 Å². The van der Waals surface area contributed by atoms with Crippen LogP contribution in [0.4, 0.5) is 0 Å². The molecule has 5 nitrogen and oxygen atoms in total. The van der Waals surface area contributed by atoms with E-state index in [0.717, 1.165) is 16.9 Å². The van der Waals surface area contributed by atoms with E-state index in [1.807, 2.05) is 25.1 Å². The number of nitrogens with one attached hydrogen (secondary N) is 1. The Morgan fingerprint density at radius 1 is 1.22 bits per heavy atom. The molecule has 118 valence electrons. The Balaban J connectivity index is 1.83. The molecule has 0 saturated carbocycles. The van der Waals surface area contributed by atoms with Gasteiger partial charge in [0.2, 0.25) is 0 Å². The van der Waals surface area contributed by atoms with Crippen LogP contribution in [0.5, 0.6) is 11.5 Å². The number of carbonyl (C=O) groups is 1. The molecule has 23 heavy (non-hydrogen) atoms. The molecule has 0 bridgehead atoms. The molecule has 0 aliphatic carbocycles. The van der Waals surface area contributed by atoms with Gasteiger partial charge in [0.25, 0.3) is 0 Å². The van der Waals surface area contributed by atoms with Crippen molar-refractivity contribution in [2.75, 3.05) is 6.61 Å². The second kappa shape index (κ2) is 6.30. The summed E-state index contributed by atoms with van der Waals surface area (Å²) < 4.78 is 10.7. The Labute approximate surface area is 138 Å². The summed E-state index contributed by atoms with van der Waals surface area (Å²) in [6, 6.07) is 10.4. The van der Waals surface area contributed by atoms with Gasteiger partial charge in [-0.15, -0.1) is 0 Å². The molecule has 0 unspecified atom stereocenters. The first kappa shape index (κ1) is 15.4. The summed E-state index contributed by atoms with van der Waals surface area (Å²) in [5.74, 6) is 1.59. The van der Waals surface area contributed by atoms with Crippen LogP contribution in [0.3, 0.4) is 0 Å². The predicted molar refractivity (Wildman–Crippen MR) is 88.3 cm³/mol. The highest BCUT2D eigenvalue weighted by molar-refractivity contribution is 6.33. The Hall–Kier alpha value is -2.53. The lowest BCUT2D eigenvalue weighted by molar-refractivity contribution is 0.0526. The van der Waals surface area contributed by atoms with Crippen molar-refractivity contribution in [1.29, 1.82) is 0 Å². The highest BCUT2D eigenvalue weighted by Crippen LogP contribution is 2.28. The zero-order valence-electron chi connectivity index (χ0n) is 12.7. The fraction of sp³-hybridized carbons (Fsp3) is 0.176. The van der Waals surface area contributed by atoms with Crippen molar-refractivity contribution in [2.45, 2.75) is 13.8 Å². The minimum absolute atomic E-state index is 0.291. The number of H-pyrrole nitrogens is 1. The number of carbonyl (C=O) groups excluding carboxylic acids is 1. The predicted octanol–water partition coefficient (Wildman–Crippen LogP) is 4.49. The van der Waals surface area contributed by atoms with Gasteiger partial charge in [0.05, 0.1) is 28.2 Å². The van der Waals surface area contributed by atoms with Crippen LogP contribution in [0.2, 0.25) is 5.02 Å². The molecule has 0 aliphatic rings. The van der Waals surface area contributed by atoms with E-state index in [2.05, 4.69) is 9.97 Å². The van der Waals surface area contributed by atoms with Gasteiger partial charge in [-0.25, -0.2) is 9.78 Å². The Morgan fingerprint density at radius 3 is 2.70 bits per heavy atom. The Kier molecular flexibility index (Phi) is 4.21. The number of hydrogen-bond donors (Lipinski definition) is 1. The van der Waals surface area contributed by atoms with Gasteiger partial charge in [0.15, 0.2) is 0 Å². The van der Waals surface area contributed by atoms with E-state index in [9.17, 15) is 4.79 Å². The van der Waals surface area contributed by atoms with E-state index < -0.39 is 5.97 Å². The number of aromatic nitrogens is 2. The largest absolute Gasteiger partial charge is 0.462 e. The second-order valence-electron chi connectivity index (χ2n) is 4.97. The highest BCUT2D eigenvalue weighted by atomic mass is 35.5. The molecular formula is C17H15ClN2O3. The zero-order valence-corrected chi connectivity index (χ0v) is 13.5. The number of esters is 1. The highest BCUT2D eigenvalue weighted by Gasteiger charge is 2.12. The maximum atomic E-state index is 11.7. The van der Waals surface area contributed by atoms with Crippen LogP contribution in [0.1, 0.15) is 23.1 Å². The van der Waals surface area contributed by atoms with Gasteiger partial charge in [-0.1, -0.05) is 11.6 Å². The number of benzene rings is 2. The molecule has 0 spiro atoms. The van der Waals surface area contributed by atoms with E-state index >= 15 is 0 Å². The smallest absolute Gasteiger partial charge is 0.339 e. The van der Waals surface area contributed by atoms with Crippen molar-refractivity contribution in [3.05, 3.63) is 52.8 Å². The van der Waals surface area contributed by atoms with Crippen LogP contribution in [-0.2, 0) is 4.74 Å². The molecule has 2 aromatic carbocycles. The van der Waals surface area contributed by atoms with Gasteiger partial charge in [0.1, 0.15) is 17.3 Å². The molecule has 1 aromatic heterocycles. The molecule has 1 heterocycles. The van der Waals surface area contributed by atoms with Crippen molar-refractivity contribution in [3.63, 3.8) is 0 Å². The van der Waals surface area contributed by atoms with E-state index in [1.165, 1.54) is 0 Å². The number of rotatable bonds is 4. The molecule has 1 N–H and O–H groups in total. The number of fused-ring (bicyclic) bond motifs is 1. The number of nitrogens with zero attached hydrogens (tertiary/aromatic N) is 1. The van der Waals surface area contributed by atoms with Gasteiger partial charge in [-0.05, 0) is 38.1 Å². The molecule has 0 atom stereocenters. The summed E-state index contributed by atoms with van der Waals surface area (Å²) in [6.45, 7) is 3.95. The first-order valence-electron chi connectivity index (χ1n) is 7.17. The Bertz CT molecular complexity index is 873. The second-order valence-corrected chi connectivity index (χ2v) is 5.37. The molecule has 6 heteroatoms. The normalized spacial score (nSPS) is 10.7. The minimum Gasteiger partial charge on any atom is -0.462 e. The van der Waals surface area contributed by atoms with Crippen molar-refractivity contribution < 1.29 is 14.3 Å². The number of aromatic amines is 1. The first-order valence-corrected chi connectivity index (χ1v) is 7.55. The monoisotopic (exact) mass is 330 g/mol. The number of ether oxygens (including phenoxy) is 2. The Morgan fingerprint density at radius 2 is 1.96 bits per heavy atom. The summed E-state index contributed by atoms with van der Waals surface area (Å²) in [5, 5.41) is 0.291. The molecule has 0 fully saturated rings. The average molecular weight is 331 g/mol. The van der Waals surface area contributed by atoms with Gasteiger partial charge in [-0.2, -0.15) is 0 Å². The van der Waals surface area contributed by atoms with E-state index in [-0.39, 0.29) is 0 Å². The topological polar surface area (TPSA) is 64.2 Å². The van der Waals surface area contributed by atoms with Crippen LogP contribution >= 0.6 is 11.6 Å². The molecule has 0 amide bonds.